The van der Waals surface area contributed by atoms with Crippen molar-refractivity contribution in [3.05, 3.63) is 77.4 Å². The highest BCUT2D eigenvalue weighted by atomic mass is 16.4. The van der Waals surface area contributed by atoms with E-state index in [0.717, 1.165) is 32.4 Å². The van der Waals surface area contributed by atoms with Crippen molar-refractivity contribution >= 4 is 11.5 Å². The van der Waals surface area contributed by atoms with Crippen LogP contribution >= 0.6 is 0 Å². The van der Waals surface area contributed by atoms with Gasteiger partial charge >= 0.3 is 5.97 Å². The van der Waals surface area contributed by atoms with Gasteiger partial charge in [-0.15, -0.1) is 0 Å². The molecule has 0 aromatic heterocycles. The molecule has 0 saturated carbocycles. The van der Waals surface area contributed by atoms with Crippen LogP contribution in [0.3, 0.4) is 0 Å². The number of piperidine rings is 1. The molecule has 2 aromatic carbocycles. The molecule has 2 aromatic rings. The monoisotopic (exact) mass is 349 g/mol. The number of rotatable bonds is 6. The van der Waals surface area contributed by atoms with Crippen molar-refractivity contribution in [2.75, 3.05) is 19.6 Å². The summed E-state index contributed by atoms with van der Waals surface area (Å²) in [5.74, 6) is -0.868. The molecule has 0 bridgehead atoms. The number of hydrogen-bond donors (Lipinski definition) is 1. The highest BCUT2D eigenvalue weighted by molar-refractivity contribution is 5.80. The molecule has 1 aliphatic heterocycles. The summed E-state index contributed by atoms with van der Waals surface area (Å²) in [6.45, 7) is 4.70. The van der Waals surface area contributed by atoms with E-state index in [1.165, 1.54) is 22.3 Å². The number of carboxylic acids is 1. The molecular formula is C23H27NO2. The maximum atomic E-state index is 11.2. The van der Waals surface area contributed by atoms with Crippen molar-refractivity contribution in [3.63, 3.8) is 0 Å². The molecule has 1 atom stereocenters. The lowest BCUT2D eigenvalue weighted by Gasteiger charge is -2.30. The van der Waals surface area contributed by atoms with Crippen LogP contribution in [0.4, 0.5) is 0 Å². The van der Waals surface area contributed by atoms with E-state index in [0.29, 0.717) is 6.54 Å². The highest BCUT2D eigenvalue weighted by Gasteiger charge is 2.24. The van der Waals surface area contributed by atoms with Crippen LogP contribution in [-0.2, 0) is 4.79 Å². The van der Waals surface area contributed by atoms with E-state index in [1.807, 2.05) is 6.07 Å². The van der Waals surface area contributed by atoms with Crippen molar-refractivity contribution in [1.82, 2.24) is 4.90 Å². The third kappa shape index (κ3) is 4.83. The first kappa shape index (κ1) is 18.4. The molecule has 1 unspecified atom stereocenters. The number of carbonyl (C=O) groups is 1. The average Bonchev–Trinajstić information content (AvgIpc) is 2.66. The molecule has 1 saturated heterocycles. The summed E-state index contributed by atoms with van der Waals surface area (Å²) in [5.41, 5.74) is 4.96. The summed E-state index contributed by atoms with van der Waals surface area (Å²) in [5, 5.41) is 9.25. The maximum absolute atomic E-state index is 11.2. The van der Waals surface area contributed by atoms with Gasteiger partial charge in [0.1, 0.15) is 0 Å². The first-order chi connectivity index (χ1) is 12.6. The standard InChI is InChI=1S/C23H27NO2/c1-18-8-5-11-20(16-18)22(19-9-3-2-4-10-19)13-7-15-24-14-6-12-21(17-24)23(25)26/h2-5,8-11,13,16,21H,6-7,12,14-15,17H2,1H3,(H,25,26). The van der Waals surface area contributed by atoms with Gasteiger partial charge < -0.3 is 10.0 Å². The summed E-state index contributed by atoms with van der Waals surface area (Å²) in [7, 11) is 0. The molecule has 3 nitrogen and oxygen atoms in total. The van der Waals surface area contributed by atoms with Crippen molar-refractivity contribution < 1.29 is 9.90 Å². The molecule has 1 heterocycles. The minimum atomic E-state index is -0.657. The van der Waals surface area contributed by atoms with E-state index in [-0.39, 0.29) is 5.92 Å². The Morgan fingerprint density at radius 3 is 2.65 bits per heavy atom. The zero-order valence-corrected chi connectivity index (χ0v) is 15.4. The molecule has 0 aliphatic carbocycles. The van der Waals surface area contributed by atoms with Gasteiger partial charge in [-0.1, -0.05) is 66.2 Å². The smallest absolute Gasteiger partial charge is 0.307 e. The van der Waals surface area contributed by atoms with Crippen molar-refractivity contribution in [2.45, 2.75) is 26.2 Å². The zero-order chi connectivity index (χ0) is 18.4. The summed E-state index contributed by atoms with van der Waals surface area (Å²) < 4.78 is 0. The van der Waals surface area contributed by atoms with E-state index >= 15 is 0 Å². The predicted molar refractivity (Wildman–Crippen MR) is 106 cm³/mol. The maximum Gasteiger partial charge on any atom is 0.307 e. The Hall–Kier alpha value is -2.39. The van der Waals surface area contributed by atoms with Crippen LogP contribution in [0.25, 0.3) is 5.57 Å². The largest absolute Gasteiger partial charge is 0.481 e. The van der Waals surface area contributed by atoms with Crippen molar-refractivity contribution in [3.8, 4) is 0 Å². The number of likely N-dealkylation sites (tertiary alicyclic amines) is 1. The Labute approximate surface area is 156 Å². The van der Waals surface area contributed by atoms with Gasteiger partial charge in [-0.2, -0.15) is 0 Å². The molecule has 0 amide bonds. The van der Waals surface area contributed by atoms with Crippen molar-refractivity contribution in [1.29, 1.82) is 0 Å². The summed E-state index contributed by atoms with van der Waals surface area (Å²) >= 11 is 0. The predicted octanol–water partition coefficient (Wildman–Crippen LogP) is 4.61. The van der Waals surface area contributed by atoms with Crippen LogP contribution in [0.2, 0.25) is 0 Å². The lowest BCUT2D eigenvalue weighted by Crippen LogP contribution is -2.39. The minimum absolute atomic E-state index is 0.210. The molecule has 1 N–H and O–H groups in total. The topological polar surface area (TPSA) is 40.5 Å². The molecule has 0 radical (unpaired) electrons. The van der Waals surface area contributed by atoms with Gasteiger partial charge in [-0.05, 0) is 49.4 Å². The Kier molecular flexibility index (Phi) is 6.24. The number of hydrogen-bond acceptors (Lipinski definition) is 2. The van der Waals surface area contributed by atoms with E-state index in [9.17, 15) is 9.90 Å². The fourth-order valence-corrected chi connectivity index (χ4v) is 3.68. The third-order valence-electron chi connectivity index (χ3n) is 5.06. The lowest BCUT2D eigenvalue weighted by atomic mass is 9.95. The summed E-state index contributed by atoms with van der Waals surface area (Å²) in [6, 6.07) is 19.1. The first-order valence-corrected chi connectivity index (χ1v) is 9.41. The number of nitrogens with zero attached hydrogens (tertiary/aromatic N) is 1. The van der Waals surface area contributed by atoms with E-state index < -0.39 is 5.97 Å². The Morgan fingerprint density at radius 1 is 1.15 bits per heavy atom. The lowest BCUT2D eigenvalue weighted by molar-refractivity contribution is -0.143. The summed E-state index contributed by atoms with van der Waals surface area (Å²) in [6.07, 6.45) is 5.00. The second-order valence-electron chi connectivity index (χ2n) is 7.12. The van der Waals surface area contributed by atoms with Gasteiger partial charge in [0.2, 0.25) is 0 Å². The number of benzene rings is 2. The second-order valence-corrected chi connectivity index (χ2v) is 7.12. The average molecular weight is 349 g/mol. The van der Waals surface area contributed by atoms with Gasteiger partial charge in [0.05, 0.1) is 5.92 Å². The van der Waals surface area contributed by atoms with Gasteiger partial charge in [0, 0.05) is 13.1 Å². The van der Waals surface area contributed by atoms with Crippen LogP contribution in [0.1, 0.15) is 36.0 Å². The molecule has 136 valence electrons. The molecule has 3 heteroatoms. The van der Waals surface area contributed by atoms with Crippen LogP contribution in [0, 0.1) is 12.8 Å². The van der Waals surface area contributed by atoms with Gasteiger partial charge in [-0.25, -0.2) is 0 Å². The number of aliphatic carboxylic acids is 1. The molecule has 3 rings (SSSR count). The summed E-state index contributed by atoms with van der Waals surface area (Å²) in [4.78, 5) is 13.5. The van der Waals surface area contributed by atoms with Gasteiger partial charge in [0.15, 0.2) is 0 Å². The second kappa shape index (κ2) is 8.81. The quantitative estimate of drug-likeness (QED) is 0.828. The fraction of sp³-hybridized carbons (Fsp3) is 0.348. The molecule has 1 aliphatic rings. The Bertz CT molecular complexity index is 767. The molecule has 1 fully saturated rings. The van der Waals surface area contributed by atoms with Crippen LogP contribution in [-0.4, -0.2) is 35.6 Å². The van der Waals surface area contributed by atoms with Gasteiger partial charge in [0.25, 0.3) is 0 Å². The molecule has 0 spiro atoms. The van der Waals surface area contributed by atoms with Crippen LogP contribution in [0.15, 0.2) is 60.7 Å². The molecular weight excluding hydrogens is 322 g/mol. The molecule has 26 heavy (non-hydrogen) atoms. The van der Waals surface area contributed by atoms with E-state index in [2.05, 4.69) is 66.4 Å². The zero-order valence-electron chi connectivity index (χ0n) is 15.4. The van der Waals surface area contributed by atoms with Crippen LogP contribution in [0.5, 0.6) is 0 Å². The Balaban J connectivity index is 1.74. The Morgan fingerprint density at radius 2 is 1.92 bits per heavy atom. The normalized spacial score (nSPS) is 18.7. The van der Waals surface area contributed by atoms with E-state index in [1.54, 1.807) is 0 Å². The highest BCUT2D eigenvalue weighted by Crippen LogP contribution is 2.25. The number of aryl methyl sites for hydroxylation is 1. The van der Waals surface area contributed by atoms with Gasteiger partial charge in [-0.3, -0.25) is 4.79 Å². The number of carboxylic acid groups (broad SMARTS) is 1. The van der Waals surface area contributed by atoms with Crippen LogP contribution < -0.4 is 0 Å². The third-order valence-corrected chi connectivity index (χ3v) is 5.06. The fourth-order valence-electron chi connectivity index (χ4n) is 3.68. The minimum Gasteiger partial charge on any atom is -0.481 e. The van der Waals surface area contributed by atoms with E-state index in [4.69, 9.17) is 0 Å². The first-order valence-electron chi connectivity index (χ1n) is 9.41. The van der Waals surface area contributed by atoms with Crippen molar-refractivity contribution in [2.24, 2.45) is 5.92 Å². The SMILES string of the molecule is Cc1cccc(C(=CCCN2CCCC(C(=O)O)C2)c2ccccc2)c1.